The quantitative estimate of drug-likeness (QED) is 0.0473. The van der Waals surface area contributed by atoms with Crippen LogP contribution < -0.4 is 11.1 Å². The van der Waals surface area contributed by atoms with Crippen molar-refractivity contribution in [3.63, 3.8) is 0 Å². The summed E-state index contributed by atoms with van der Waals surface area (Å²) in [6, 6.07) is 15.4. The normalized spacial score (nSPS) is 11.8. The summed E-state index contributed by atoms with van der Waals surface area (Å²) in [4.78, 5) is 13.7. The van der Waals surface area contributed by atoms with Gasteiger partial charge in [-0.05, 0) is 78.2 Å². The summed E-state index contributed by atoms with van der Waals surface area (Å²) in [5.74, 6) is -0.570. The lowest BCUT2D eigenvalue weighted by Crippen LogP contribution is -2.32. The third-order valence-corrected chi connectivity index (χ3v) is 9.36. The van der Waals surface area contributed by atoms with Gasteiger partial charge in [0.1, 0.15) is 10.6 Å². The van der Waals surface area contributed by atoms with Crippen LogP contribution in [0.5, 0.6) is 5.75 Å². The molecule has 2 amide bonds. The van der Waals surface area contributed by atoms with Crippen LogP contribution in [0.15, 0.2) is 103 Å². The SMILES string of the molecule is NC(=O)Nc1ccc2c(O)c(N=Nc3ccc(N=Nc4ccc(S(=O)(=O)O)cc4)cc3)c(S(=O)(=O)O)cc2c1.OCCN(CCO)CCO.OCCN(CCO)CCO. The second kappa shape index (κ2) is 25.4. The molecule has 0 aliphatic rings. The second-order valence-electron chi connectivity index (χ2n) is 11.9. The molecule has 0 radical (unpaired) electrons. The van der Waals surface area contributed by atoms with E-state index in [1.54, 1.807) is 9.80 Å². The Morgan fingerprint density at radius 3 is 1.32 bits per heavy atom. The molecule has 0 saturated carbocycles. The van der Waals surface area contributed by atoms with Crippen molar-refractivity contribution in [2.45, 2.75) is 9.79 Å². The van der Waals surface area contributed by atoms with Crippen LogP contribution in [-0.4, -0.2) is 156 Å². The monoisotopic (exact) mass is 868 g/mol. The second-order valence-corrected chi connectivity index (χ2v) is 14.7. The zero-order valence-corrected chi connectivity index (χ0v) is 33.2. The number of phenols is 1. The number of amides is 2. The molecule has 4 rings (SSSR count). The maximum absolute atomic E-state index is 12.0. The van der Waals surface area contributed by atoms with Crippen molar-refractivity contribution in [2.24, 2.45) is 26.2 Å². The van der Waals surface area contributed by atoms with Crippen molar-refractivity contribution in [3.05, 3.63) is 72.8 Å². The maximum Gasteiger partial charge on any atom is 0.316 e. The molecule has 0 aromatic heterocycles. The number of nitrogens with one attached hydrogen (secondary N) is 1. The number of anilines is 1. The van der Waals surface area contributed by atoms with E-state index in [-0.39, 0.29) is 66.7 Å². The van der Waals surface area contributed by atoms with E-state index in [1.807, 2.05) is 0 Å². The molecule has 12 N–H and O–H groups in total. The lowest BCUT2D eigenvalue weighted by molar-refractivity contribution is 0.136. The van der Waals surface area contributed by atoms with E-state index in [2.05, 4.69) is 25.8 Å². The molecule has 0 unspecified atom stereocenters. The first-order valence-corrected chi connectivity index (χ1v) is 20.3. The van der Waals surface area contributed by atoms with E-state index in [0.29, 0.717) is 50.6 Å². The van der Waals surface area contributed by atoms with Crippen LogP contribution in [0.1, 0.15) is 0 Å². The van der Waals surface area contributed by atoms with Crippen LogP contribution in [0.25, 0.3) is 10.8 Å². The molecule has 0 atom stereocenters. The molecule has 22 nitrogen and oxygen atoms in total. The molecular weight excluding hydrogens is 821 g/mol. The molecule has 0 saturated heterocycles. The van der Waals surface area contributed by atoms with Crippen LogP contribution in [0.4, 0.5) is 33.2 Å². The number of phenolic OH excluding ortho intramolecular Hbond substituents is 1. The van der Waals surface area contributed by atoms with Gasteiger partial charge in [0.25, 0.3) is 20.2 Å². The molecule has 24 heteroatoms. The van der Waals surface area contributed by atoms with Gasteiger partial charge in [0.05, 0.1) is 61.6 Å². The zero-order valence-electron chi connectivity index (χ0n) is 31.6. The number of rotatable bonds is 19. The van der Waals surface area contributed by atoms with Crippen LogP contribution in [0, 0.1) is 0 Å². The third-order valence-electron chi connectivity index (χ3n) is 7.62. The van der Waals surface area contributed by atoms with Crippen molar-refractivity contribution >= 4 is 65.5 Å². The summed E-state index contributed by atoms with van der Waals surface area (Å²) in [6.45, 7) is 3.51. The lowest BCUT2D eigenvalue weighted by Gasteiger charge is -2.17. The minimum atomic E-state index is -4.84. The number of aliphatic hydroxyl groups is 6. The number of benzene rings is 4. The number of aromatic hydroxyl groups is 1. The van der Waals surface area contributed by atoms with Crippen molar-refractivity contribution < 1.29 is 66.5 Å². The van der Waals surface area contributed by atoms with Gasteiger partial charge < -0.3 is 46.8 Å². The standard InChI is InChI=1S/C23H18N6O8S2.2C6H15NO3/c24-23(31)25-17-7-10-19-13(11-17)12-20(39(35,36)37)21(22(19)30)29-28-15-3-1-14(2-4-15)26-27-16-5-8-18(9-6-16)38(32,33)34;2*8-4-1-7(2-5-9)3-6-10/h1-12,30H,(H3,24,25,31)(H,32,33,34)(H,35,36,37);2*8-10H,1-6H2. The van der Waals surface area contributed by atoms with Gasteiger partial charge in [0.15, 0.2) is 5.75 Å². The molecule has 4 aromatic carbocycles. The van der Waals surface area contributed by atoms with Crippen molar-refractivity contribution in [2.75, 3.05) is 84.2 Å². The number of hydrogen-bond acceptors (Lipinski definition) is 18. The fourth-order valence-electron chi connectivity index (χ4n) is 4.88. The van der Waals surface area contributed by atoms with Crippen molar-refractivity contribution in [1.82, 2.24) is 9.80 Å². The minimum Gasteiger partial charge on any atom is -0.505 e. The Morgan fingerprint density at radius 1 is 0.576 bits per heavy atom. The summed E-state index contributed by atoms with van der Waals surface area (Å²) in [5.41, 5.74) is 5.78. The molecule has 0 fully saturated rings. The first-order chi connectivity index (χ1) is 28.0. The third kappa shape index (κ3) is 17.7. The number of carbonyl (C=O) groups excluding carboxylic acids is 1. The van der Waals surface area contributed by atoms with Gasteiger partial charge in [-0.1, -0.05) is 0 Å². The number of fused-ring (bicyclic) bond motifs is 1. The Labute approximate surface area is 339 Å². The molecule has 0 spiro atoms. The molecule has 324 valence electrons. The smallest absolute Gasteiger partial charge is 0.316 e. The highest BCUT2D eigenvalue weighted by Gasteiger charge is 2.22. The number of hydrogen-bond donors (Lipinski definition) is 11. The number of primary amides is 1. The fourth-order valence-corrected chi connectivity index (χ4v) is 6.02. The molecule has 4 aromatic rings. The Hall–Kier alpha value is -5.09. The summed E-state index contributed by atoms with van der Waals surface area (Å²) in [7, 11) is -9.16. The molecular formula is C35H48N8O14S2. The van der Waals surface area contributed by atoms with Gasteiger partial charge in [-0.2, -0.15) is 32.2 Å². The van der Waals surface area contributed by atoms with E-state index >= 15 is 0 Å². The van der Waals surface area contributed by atoms with Gasteiger partial charge in [0.2, 0.25) is 0 Å². The van der Waals surface area contributed by atoms with Crippen LogP contribution in [-0.2, 0) is 20.2 Å². The Balaban J connectivity index is 0.000000493. The van der Waals surface area contributed by atoms with Gasteiger partial charge in [0, 0.05) is 50.3 Å². The Morgan fingerprint density at radius 2 is 0.966 bits per heavy atom. The van der Waals surface area contributed by atoms with Crippen LogP contribution >= 0.6 is 0 Å². The topological polar surface area (TPSA) is 361 Å². The first kappa shape index (κ1) is 50.1. The summed E-state index contributed by atoms with van der Waals surface area (Å²) >= 11 is 0. The predicted molar refractivity (Wildman–Crippen MR) is 215 cm³/mol. The minimum absolute atomic E-state index is 0.0694. The van der Waals surface area contributed by atoms with E-state index in [4.69, 9.17) is 40.9 Å². The van der Waals surface area contributed by atoms with Crippen molar-refractivity contribution in [3.8, 4) is 5.75 Å². The Bertz CT molecular complexity index is 2150. The number of nitrogens with two attached hydrogens (primary N) is 1. The van der Waals surface area contributed by atoms with Crippen LogP contribution in [0.3, 0.4) is 0 Å². The predicted octanol–water partition coefficient (Wildman–Crippen LogP) is 1.89. The largest absolute Gasteiger partial charge is 0.505 e. The van der Waals surface area contributed by atoms with Gasteiger partial charge in [-0.3, -0.25) is 18.9 Å². The molecule has 0 heterocycles. The average molecular weight is 869 g/mol. The van der Waals surface area contributed by atoms with Gasteiger partial charge >= 0.3 is 6.03 Å². The van der Waals surface area contributed by atoms with E-state index in [9.17, 15) is 31.3 Å². The zero-order chi connectivity index (χ0) is 44.0. The highest BCUT2D eigenvalue weighted by molar-refractivity contribution is 7.86. The molecule has 0 bridgehead atoms. The number of azo groups is 2. The number of nitrogens with zero attached hydrogens (tertiary/aromatic N) is 6. The summed E-state index contributed by atoms with van der Waals surface area (Å²) in [5, 5.41) is 80.0. The Kier molecular flexibility index (Phi) is 21.6. The molecule has 59 heavy (non-hydrogen) atoms. The average Bonchev–Trinajstić information content (AvgIpc) is 3.17. The number of carbonyl (C=O) groups is 1. The lowest BCUT2D eigenvalue weighted by atomic mass is 10.1. The van der Waals surface area contributed by atoms with Gasteiger partial charge in [-0.25, -0.2) is 4.79 Å². The highest BCUT2D eigenvalue weighted by atomic mass is 32.2. The van der Waals surface area contributed by atoms with Crippen molar-refractivity contribution in [1.29, 1.82) is 0 Å². The summed E-state index contributed by atoms with van der Waals surface area (Å²) in [6.07, 6.45) is 0. The fraction of sp³-hybridized carbons (Fsp3) is 0.343. The highest BCUT2D eigenvalue weighted by Crippen LogP contribution is 2.42. The van der Waals surface area contributed by atoms with E-state index in [1.165, 1.54) is 66.7 Å². The maximum atomic E-state index is 12.0. The summed E-state index contributed by atoms with van der Waals surface area (Å²) < 4.78 is 65.0. The van der Waals surface area contributed by atoms with Crippen LogP contribution in [0.2, 0.25) is 0 Å². The van der Waals surface area contributed by atoms with E-state index < -0.39 is 42.6 Å². The number of urea groups is 1. The van der Waals surface area contributed by atoms with Gasteiger partial charge in [-0.15, -0.1) is 5.11 Å². The molecule has 0 aliphatic carbocycles. The van der Waals surface area contributed by atoms with E-state index in [0.717, 1.165) is 6.07 Å². The molecule has 0 aliphatic heterocycles. The first-order valence-electron chi connectivity index (χ1n) is 17.5. The number of aliphatic hydroxyl groups excluding tert-OH is 6.